The summed E-state index contributed by atoms with van der Waals surface area (Å²) in [6.07, 6.45) is 8.10. The molecule has 0 N–H and O–H groups in total. The third-order valence-corrected chi connectivity index (χ3v) is 6.99. The van der Waals surface area contributed by atoms with E-state index in [-0.39, 0.29) is 5.92 Å². The Kier molecular flexibility index (Phi) is 5.87. The molecule has 2 saturated carbocycles. The summed E-state index contributed by atoms with van der Waals surface area (Å²) in [5.74, 6) is 1.58. The molecule has 2 fully saturated rings. The second-order valence-corrected chi connectivity index (χ2v) is 9.19. The number of fused-ring (bicyclic) bond motifs is 3. The van der Waals surface area contributed by atoms with Crippen LogP contribution in [0.4, 0.5) is 13.2 Å². The molecule has 3 aliphatic carbocycles. The standard InChI is InChI=1S/C22H25F3O3S/c1-27-21(26)16-7-8-19-15(12-16)3-2-4-18(20(19)28-29-22(23,24)25)17-10-13-5-6-14(9-13)11-17/h7-8,12-14,17H,2-6,9-11H2,1H3. The van der Waals surface area contributed by atoms with Gasteiger partial charge in [0.2, 0.25) is 0 Å². The van der Waals surface area contributed by atoms with Gasteiger partial charge in [-0.25, -0.2) is 4.79 Å². The van der Waals surface area contributed by atoms with Crippen molar-refractivity contribution in [3.05, 3.63) is 40.5 Å². The van der Waals surface area contributed by atoms with E-state index in [2.05, 4.69) is 0 Å². The summed E-state index contributed by atoms with van der Waals surface area (Å²) >= 11 is -0.437. The summed E-state index contributed by atoms with van der Waals surface area (Å²) in [5, 5.41) is 0. The molecule has 0 radical (unpaired) electrons. The van der Waals surface area contributed by atoms with E-state index in [9.17, 15) is 18.0 Å². The number of hydrogen-bond donors (Lipinski definition) is 0. The molecule has 158 valence electrons. The maximum absolute atomic E-state index is 13.0. The number of carbonyl (C=O) groups is 1. The first-order chi connectivity index (χ1) is 13.8. The van der Waals surface area contributed by atoms with Gasteiger partial charge in [0.1, 0.15) is 5.76 Å². The summed E-state index contributed by atoms with van der Waals surface area (Å²) in [7, 11) is 1.32. The lowest BCUT2D eigenvalue weighted by atomic mass is 9.75. The van der Waals surface area contributed by atoms with E-state index in [0.29, 0.717) is 35.1 Å². The zero-order chi connectivity index (χ0) is 20.6. The molecule has 0 aliphatic heterocycles. The summed E-state index contributed by atoms with van der Waals surface area (Å²) in [6.45, 7) is 0. The van der Waals surface area contributed by atoms with Gasteiger partial charge in [-0.05, 0) is 79.5 Å². The van der Waals surface area contributed by atoms with Gasteiger partial charge in [0.15, 0.2) is 12.0 Å². The molecular weight excluding hydrogens is 401 g/mol. The van der Waals surface area contributed by atoms with Crippen molar-refractivity contribution in [2.24, 2.45) is 17.8 Å². The first-order valence-electron chi connectivity index (χ1n) is 10.2. The van der Waals surface area contributed by atoms with Crippen molar-refractivity contribution in [2.45, 2.75) is 56.9 Å². The van der Waals surface area contributed by atoms with Crippen molar-refractivity contribution in [2.75, 3.05) is 7.11 Å². The van der Waals surface area contributed by atoms with Gasteiger partial charge < -0.3 is 8.92 Å². The SMILES string of the molecule is COC(=O)c1ccc2c(c1)CCCC(C1CC3CCC(C3)C1)=C2OSC(F)(F)F. The molecule has 0 amide bonds. The molecule has 1 aromatic carbocycles. The van der Waals surface area contributed by atoms with E-state index in [1.165, 1.54) is 26.4 Å². The Labute approximate surface area is 173 Å². The van der Waals surface area contributed by atoms with Crippen molar-refractivity contribution in [3.63, 3.8) is 0 Å². The van der Waals surface area contributed by atoms with E-state index < -0.39 is 23.5 Å². The minimum Gasteiger partial charge on any atom is -0.465 e. The molecule has 2 bridgehead atoms. The van der Waals surface area contributed by atoms with Crippen LogP contribution >= 0.6 is 12.0 Å². The van der Waals surface area contributed by atoms with Crippen LogP contribution in [-0.4, -0.2) is 18.6 Å². The van der Waals surface area contributed by atoms with E-state index in [1.54, 1.807) is 18.2 Å². The number of allylic oxidation sites excluding steroid dienone is 1. The predicted molar refractivity (Wildman–Crippen MR) is 106 cm³/mol. The average Bonchev–Trinajstić information content (AvgIpc) is 2.92. The molecule has 7 heteroatoms. The molecule has 1 aromatic rings. The highest BCUT2D eigenvalue weighted by Gasteiger charge is 2.39. The largest absolute Gasteiger partial charge is 0.479 e. The second-order valence-electron chi connectivity index (χ2n) is 8.40. The predicted octanol–water partition coefficient (Wildman–Crippen LogP) is 6.53. The summed E-state index contributed by atoms with van der Waals surface area (Å²) in [6, 6.07) is 5.06. The van der Waals surface area contributed by atoms with E-state index >= 15 is 0 Å². The molecule has 0 spiro atoms. The topological polar surface area (TPSA) is 35.5 Å². The molecule has 0 saturated heterocycles. The van der Waals surface area contributed by atoms with Crippen molar-refractivity contribution >= 4 is 23.8 Å². The highest BCUT2D eigenvalue weighted by Crippen LogP contribution is 2.50. The number of alkyl halides is 3. The Morgan fingerprint density at radius 3 is 2.48 bits per heavy atom. The van der Waals surface area contributed by atoms with Crippen LogP contribution in [-0.2, 0) is 15.3 Å². The van der Waals surface area contributed by atoms with Gasteiger partial charge >= 0.3 is 11.5 Å². The molecule has 3 aliphatic rings. The normalized spacial score (nSPS) is 26.7. The van der Waals surface area contributed by atoms with Gasteiger partial charge in [0.05, 0.1) is 12.7 Å². The number of hydrogen-bond acceptors (Lipinski definition) is 4. The Hall–Kier alpha value is -1.63. The van der Waals surface area contributed by atoms with Gasteiger partial charge in [-0.3, -0.25) is 0 Å². The minimum atomic E-state index is -4.47. The first kappa shape index (κ1) is 20.6. The number of halogens is 3. The van der Waals surface area contributed by atoms with Crippen LogP contribution in [0.25, 0.3) is 5.76 Å². The zero-order valence-corrected chi connectivity index (χ0v) is 17.2. The van der Waals surface area contributed by atoms with E-state index in [0.717, 1.165) is 36.8 Å². The van der Waals surface area contributed by atoms with Gasteiger partial charge in [0.25, 0.3) is 0 Å². The van der Waals surface area contributed by atoms with Gasteiger partial charge in [-0.15, -0.1) is 0 Å². The van der Waals surface area contributed by atoms with Gasteiger partial charge in [-0.2, -0.15) is 13.2 Å². The van der Waals surface area contributed by atoms with Crippen molar-refractivity contribution in [1.29, 1.82) is 0 Å². The Bertz CT molecular complexity index is 806. The summed E-state index contributed by atoms with van der Waals surface area (Å²) in [4.78, 5) is 11.9. The van der Waals surface area contributed by atoms with E-state index in [4.69, 9.17) is 8.92 Å². The van der Waals surface area contributed by atoms with Crippen molar-refractivity contribution in [3.8, 4) is 0 Å². The lowest BCUT2D eigenvalue weighted by molar-refractivity contribution is -0.0376. The van der Waals surface area contributed by atoms with Crippen molar-refractivity contribution < 1.29 is 26.9 Å². The summed E-state index contributed by atoms with van der Waals surface area (Å²) in [5.41, 5.74) is -1.50. The molecule has 29 heavy (non-hydrogen) atoms. The van der Waals surface area contributed by atoms with Crippen LogP contribution < -0.4 is 0 Å². The number of benzene rings is 1. The van der Waals surface area contributed by atoms with Crippen molar-refractivity contribution in [1.82, 2.24) is 0 Å². The second kappa shape index (κ2) is 8.25. The average molecular weight is 427 g/mol. The number of carbonyl (C=O) groups excluding carboxylic acids is 1. The summed E-state index contributed by atoms with van der Waals surface area (Å²) < 4.78 is 49.1. The minimum absolute atomic E-state index is 0.288. The monoisotopic (exact) mass is 426 g/mol. The maximum atomic E-state index is 13.0. The fourth-order valence-corrected chi connectivity index (χ4v) is 5.77. The molecule has 2 unspecified atom stereocenters. The van der Waals surface area contributed by atoms with Crippen LogP contribution in [0.5, 0.6) is 0 Å². The fourth-order valence-electron chi connectivity index (χ4n) is 5.39. The van der Waals surface area contributed by atoms with E-state index in [1.807, 2.05) is 0 Å². The Balaban J connectivity index is 1.73. The molecule has 3 nitrogen and oxygen atoms in total. The maximum Gasteiger partial charge on any atom is 0.479 e. The number of rotatable bonds is 4. The third kappa shape index (κ3) is 4.60. The van der Waals surface area contributed by atoms with Gasteiger partial charge in [0, 0.05) is 5.56 Å². The van der Waals surface area contributed by atoms with Crippen LogP contribution in [0.1, 0.15) is 66.4 Å². The van der Waals surface area contributed by atoms with Crippen LogP contribution in [0.3, 0.4) is 0 Å². The lowest BCUT2D eigenvalue weighted by Gasteiger charge is -2.31. The number of esters is 1. The molecular formula is C22H25F3O3S. The highest BCUT2D eigenvalue weighted by molar-refractivity contribution is 7.95. The number of ether oxygens (including phenoxy) is 1. The molecule has 4 rings (SSSR count). The lowest BCUT2D eigenvalue weighted by Crippen LogP contribution is -2.19. The number of methoxy groups -OCH3 is 1. The molecule has 0 aromatic heterocycles. The smallest absolute Gasteiger partial charge is 0.465 e. The van der Waals surface area contributed by atoms with Crippen LogP contribution in [0.2, 0.25) is 0 Å². The Morgan fingerprint density at radius 2 is 1.83 bits per heavy atom. The Morgan fingerprint density at radius 1 is 1.10 bits per heavy atom. The zero-order valence-electron chi connectivity index (χ0n) is 16.4. The highest BCUT2D eigenvalue weighted by atomic mass is 32.2. The first-order valence-corrected chi connectivity index (χ1v) is 10.9. The third-order valence-electron chi connectivity index (χ3n) is 6.55. The fraction of sp³-hybridized carbons (Fsp3) is 0.591. The van der Waals surface area contributed by atoms with Crippen LogP contribution in [0, 0.1) is 17.8 Å². The molecule has 2 atom stereocenters. The van der Waals surface area contributed by atoms with Gasteiger partial charge in [-0.1, -0.05) is 18.9 Å². The van der Waals surface area contributed by atoms with Crippen LogP contribution in [0.15, 0.2) is 23.8 Å². The number of aryl methyl sites for hydroxylation is 1. The quantitative estimate of drug-likeness (QED) is 0.405. The molecule has 0 heterocycles.